The summed E-state index contributed by atoms with van der Waals surface area (Å²) in [5.74, 6) is 0. The van der Waals surface area contributed by atoms with Gasteiger partial charge in [0.05, 0.1) is 11.4 Å². The molecule has 0 amide bonds. The zero-order valence-corrected chi connectivity index (χ0v) is 35.2. The zero-order chi connectivity index (χ0) is 41.1. The van der Waals surface area contributed by atoms with Crippen molar-refractivity contribution in [1.82, 2.24) is 0 Å². The lowest BCUT2D eigenvalue weighted by Crippen LogP contribution is -2.17. The van der Waals surface area contributed by atoms with Crippen LogP contribution in [0.3, 0.4) is 0 Å². The zero-order valence-electron chi connectivity index (χ0n) is 34.4. The summed E-state index contributed by atoms with van der Waals surface area (Å²) in [6.07, 6.45) is 0. The van der Waals surface area contributed by atoms with Gasteiger partial charge >= 0.3 is 0 Å². The van der Waals surface area contributed by atoms with Gasteiger partial charge in [-0.15, -0.1) is 11.3 Å². The fourth-order valence-corrected chi connectivity index (χ4v) is 11.7. The highest BCUT2D eigenvalue weighted by atomic mass is 32.1. The van der Waals surface area contributed by atoms with Crippen LogP contribution < -0.4 is 9.80 Å². The molecular weight excluding hydrogens is 769 g/mol. The standard InChI is InChI=1S/C59H40N2S/c1-59(2)52-20-10-8-17-45(52)46-30-28-43(36-53(46)59)60(40-15-4-3-5-16-40)41-24-26-42(27-25-41)61-54-21-12-19-49-44(39-23-29-48-47-18-9-11-22-56(47)62-57(48)35-39)31-32-50(58(49)54)51-33-37-13-6-7-14-38(37)34-55(51)61/h3-36H,1-2H3. The molecular formula is C59H40N2S. The average Bonchev–Trinajstić information content (AvgIpc) is 3.80. The van der Waals surface area contributed by atoms with Crippen molar-refractivity contribution in [2.45, 2.75) is 19.3 Å². The molecule has 0 radical (unpaired) electrons. The largest absolute Gasteiger partial charge is 0.310 e. The first-order chi connectivity index (χ1) is 30.5. The van der Waals surface area contributed by atoms with Gasteiger partial charge in [-0.25, -0.2) is 0 Å². The summed E-state index contributed by atoms with van der Waals surface area (Å²) in [7, 11) is 0. The molecule has 13 rings (SSSR count). The fraction of sp³-hybridized carbons (Fsp3) is 0.0508. The molecule has 0 fully saturated rings. The quantitative estimate of drug-likeness (QED) is 0.171. The predicted molar refractivity (Wildman–Crippen MR) is 266 cm³/mol. The van der Waals surface area contributed by atoms with Crippen molar-refractivity contribution in [2.24, 2.45) is 0 Å². The summed E-state index contributed by atoms with van der Waals surface area (Å²) in [5, 5.41) is 7.67. The Morgan fingerprint density at radius 3 is 1.94 bits per heavy atom. The average molecular weight is 809 g/mol. The van der Waals surface area contributed by atoms with Crippen LogP contribution in [0.2, 0.25) is 0 Å². The van der Waals surface area contributed by atoms with E-state index in [1.807, 2.05) is 11.3 Å². The molecule has 0 atom stereocenters. The molecule has 1 aliphatic carbocycles. The molecule has 1 aromatic heterocycles. The van der Waals surface area contributed by atoms with Crippen LogP contribution in [0, 0.1) is 0 Å². The first kappa shape index (κ1) is 35.3. The number of nitrogens with zero attached hydrogens (tertiary/aromatic N) is 2. The molecule has 292 valence electrons. The number of hydrogen-bond donors (Lipinski definition) is 0. The molecule has 11 aromatic rings. The van der Waals surface area contributed by atoms with E-state index in [1.54, 1.807) is 0 Å². The maximum Gasteiger partial charge on any atom is 0.0546 e. The summed E-state index contributed by atoms with van der Waals surface area (Å²) in [6, 6.07) is 76.7. The number of para-hydroxylation sites is 1. The number of benzene rings is 10. The summed E-state index contributed by atoms with van der Waals surface area (Å²) < 4.78 is 2.65. The lowest BCUT2D eigenvalue weighted by molar-refractivity contribution is 0.660. The van der Waals surface area contributed by atoms with Crippen molar-refractivity contribution >= 4 is 87.2 Å². The SMILES string of the molecule is CC1(C)c2ccccc2-c2ccc(N(c3ccccc3)c3ccc(N4c5cc6ccccc6cc5-c5ccc(-c6ccc7c(c6)sc6ccccc67)c6cccc4c56)cc3)cc21. The number of fused-ring (bicyclic) bond motifs is 9. The van der Waals surface area contributed by atoms with Crippen molar-refractivity contribution in [1.29, 1.82) is 0 Å². The van der Waals surface area contributed by atoms with Gasteiger partial charge in [0.1, 0.15) is 0 Å². The third kappa shape index (κ3) is 5.16. The second-order valence-corrected chi connectivity index (χ2v) is 18.4. The van der Waals surface area contributed by atoms with E-state index in [4.69, 9.17) is 0 Å². The van der Waals surface area contributed by atoms with Gasteiger partial charge in [0.2, 0.25) is 0 Å². The number of thiophene rings is 1. The van der Waals surface area contributed by atoms with Crippen LogP contribution in [0.4, 0.5) is 34.1 Å². The maximum absolute atomic E-state index is 2.49. The van der Waals surface area contributed by atoms with E-state index in [0.717, 1.165) is 22.7 Å². The van der Waals surface area contributed by atoms with E-state index in [1.165, 1.54) is 97.6 Å². The molecule has 3 heteroatoms. The molecule has 0 bridgehead atoms. The molecule has 62 heavy (non-hydrogen) atoms. The molecule has 2 heterocycles. The number of anilines is 6. The monoisotopic (exact) mass is 808 g/mol. The van der Waals surface area contributed by atoms with E-state index in [0.29, 0.717) is 0 Å². The third-order valence-corrected chi connectivity index (χ3v) is 14.7. The van der Waals surface area contributed by atoms with E-state index < -0.39 is 0 Å². The van der Waals surface area contributed by atoms with E-state index in [-0.39, 0.29) is 5.41 Å². The fourth-order valence-electron chi connectivity index (χ4n) is 10.6. The minimum atomic E-state index is -0.0947. The summed E-state index contributed by atoms with van der Waals surface area (Å²) >= 11 is 1.88. The van der Waals surface area contributed by atoms with Gasteiger partial charge in [-0.05, 0) is 134 Å². The van der Waals surface area contributed by atoms with E-state index in [9.17, 15) is 0 Å². The van der Waals surface area contributed by atoms with Crippen LogP contribution in [0.5, 0.6) is 0 Å². The molecule has 0 saturated heterocycles. The van der Waals surface area contributed by atoms with Gasteiger partial charge in [-0.1, -0.05) is 141 Å². The molecule has 2 nitrogen and oxygen atoms in total. The van der Waals surface area contributed by atoms with Crippen molar-refractivity contribution < 1.29 is 0 Å². The smallest absolute Gasteiger partial charge is 0.0546 e. The molecule has 0 spiro atoms. The van der Waals surface area contributed by atoms with Crippen molar-refractivity contribution in [3.05, 3.63) is 217 Å². The molecule has 0 unspecified atom stereocenters. The predicted octanol–water partition coefficient (Wildman–Crippen LogP) is 17.3. The summed E-state index contributed by atoms with van der Waals surface area (Å²) in [4.78, 5) is 4.89. The van der Waals surface area contributed by atoms with Gasteiger partial charge < -0.3 is 9.80 Å². The van der Waals surface area contributed by atoms with Gasteiger partial charge in [-0.2, -0.15) is 0 Å². The Kier molecular flexibility index (Phi) is 7.56. The first-order valence-corrected chi connectivity index (χ1v) is 22.3. The number of hydrogen-bond acceptors (Lipinski definition) is 3. The topological polar surface area (TPSA) is 6.48 Å². The van der Waals surface area contributed by atoms with Crippen LogP contribution >= 0.6 is 11.3 Å². The Morgan fingerprint density at radius 1 is 0.403 bits per heavy atom. The Bertz CT molecular complexity index is 3620. The molecule has 0 saturated carbocycles. The Hall–Kier alpha value is -7.46. The maximum atomic E-state index is 2.49. The van der Waals surface area contributed by atoms with E-state index >= 15 is 0 Å². The van der Waals surface area contributed by atoms with Crippen LogP contribution in [0.1, 0.15) is 25.0 Å². The highest BCUT2D eigenvalue weighted by Crippen LogP contribution is 2.55. The van der Waals surface area contributed by atoms with Crippen molar-refractivity contribution in [2.75, 3.05) is 9.80 Å². The Balaban J connectivity index is 0.969. The van der Waals surface area contributed by atoms with Crippen LogP contribution in [-0.2, 0) is 5.41 Å². The van der Waals surface area contributed by atoms with E-state index in [2.05, 4.69) is 230 Å². The van der Waals surface area contributed by atoms with Crippen LogP contribution in [0.15, 0.2) is 206 Å². The molecule has 10 aromatic carbocycles. The Labute approximate surface area is 365 Å². The highest BCUT2D eigenvalue weighted by Gasteiger charge is 2.36. The minimum Gasteiger partial charge on any atom is -0.310 e. The second-order valence-electron chi connectivity index (χ2n) is 17.3. The lowest BCUT2D eigenvalue weighted by Gasteiger charge is -2.35. The second kappa shape index (κ2) is 13.3. The number of rotatable bonds is 5. The van der Waals surface area contributed by atoms with Crippen LogP contribution in [-0.4, -0.2) is 0 Å². The minimum absolute atomic E-state index is 0.0947. The van der Waals surface area contributed by atoms with Crippen molar-refractivity contribution in [3.8, 4) is 33.4 Å². The molecule has 1 aliphatic heterocycles. The molecule has 0 N–H and O–H groups in total. The van der Waals surface area contributed by atoms with Gasteiger partial charge in [0.15, 0.2) is 0 Å². The highest BCUT2D eigenvalue weighted by molar-refractivity contribution is 7.25. The summed E-state index contributed by atoms with van der Waals surface area (Å²) in [5.41, 5.74) is 17.2. The van der Waals surface area contributed by atoms with Gasteiger partial charge in [-0.3, -0.25) is 0 Å². The molecule has 2 aliphatic rings. The van der Waals surface area contributed by atoms with Crippen molar-refractivity contribution in [3.63, 3.8) is 0 Å². The summed E-state index contributed by atoms with van der Waals surface area (Å²) in [6.45, 7) is 4.71. The van der Waals surface area contributed by atoms with Gasteiger partial charge in [0, 0.05) is 59.3 Å². The first-order valence-electron chi connectivity index (χ1n) is 21.5. The lowest BCUT2D eigenvalue weighted by atomic mass is 9.82. The van der Waals surface area contributed by atoms with Gasteiger partial charge in [0.25, 0.3) is 0 Å². The third-order valence-electron chi connectivity index (χ3n) is 13.6. The normalized spacial score (nSPS) is 13.4. The van der Waals surface area contributed by atoms with Crippen LogP contribution in [0.25, 0.3) is 75.1 Å². The Morgan fingerprint density at radius 2 is 1.06 bits per heavy atom.